The van der Waals surface area contributed by atoms with Gasteiger partial charge in [-0.1, -0.05) is 0 Å². The second-order valence-electron chi connectivity index (χ2n) is 34.2. The van der Waals surface area contributed by atoms with E-state index < -0.39 is 45.8 Å². The minimum absolute atomic E-state index is 0.496. The van der Waals surface area contributed by atoms with Gasteiger partial charge in [-0.05, 0) is 0 Å². The third kappa shape index (κ3) is 9.98. The van der Waals surface area contributed by atoms with Crippen LogP contribution in [0.2, 0.25) is 40.2 Å². The Hall–Kier alpha value is -1.99. The zero-order valence-electron chi connectivity index (χ0n) is 56.5. The topological polar surface area (TPSA) is 0 Å². The molecule has 0 aromatic heterocycles. The number of hydrogen-bond acceptors (Lipinski definition) is 0. The van der Waals surface area contributed by atoms with Gasteiger partial charge < -0.3 is 0 Å². The third-order valence-electron chi connectivity index (χ3n) is 25.1. The molecule has 4 unspecified atom stereocenters. The van der Waals surface area contributed by atoms with E-state index in [2.05, 4.69) is 243 Å². The van der Waals surface area contributed by atoms with Crippen LogP contribution in [0.3, 0.4) is 0 Å². The molecule has 4 aliphatic rings. The van der Waals surface area contributed by atoms with Crippen molar-refractivity contribution in [1.29, 1.82) is 0 Å². The number of allylic oxidation sites excluding steroid dienone is 4. The molecular formula is C76H118Hf2Si2. The van der Waals surface area contributed by atoms with Crippen LogP contribution in [0.1, 0.15) is 315 Å². The third-order valence-corrected chi connectivity index (χ3v) is 169. The Morgan fingerprint density at radius 1 is 0.312 bits per heavy atom. The Morgan fingerprint density at radius 2 is 0.512 bits per heavy atom. The molecule has 8 rings (SSSR count). The van der Waals surface area contributed by atoms with Gasteiger partial charge in [0.05, 0.1) is 0 Å². The van der Waals surface area contributed by atoms with Crippen LogP contribution in [0.5, 0.6) is 0 Å². The first kappa shape index (κ1) is 64.0. The van der Waals surface area contributed by atoms with Crippen LogP contribution in [0, 0.1) is 0 Å². The van der Waals surface area contributed by atoms with Gasteiger partial charge in [-0.2, -0.15) is 0 Å². The zero-order valence-corrected chi connectivity index (χ0v) is 66.5. The molecule has 0 spiro atoms. The van der Waals surface area contributed by atoms with Gasteiger partial charge in [0.15, 0.2) is 0 Å². The van der Waals surface area contributed by atoms with Gasteiger partial charge in [0.25, 0.3) is 0 Å². The molecule has 0 radical (unpaired) electrons. The summed E-state index contributed by atoms with van der Waals surface area (Å²) in [6, 6.07) is 21.5. The first-order valence-electron chi connectivity index (χ1n) is 33.3. The number of benzene rings is 4. The predicted molar refractivity (Wildman–Crippen MR) is 364 cm³/mol. The molecular weight excluding hydrogens is 1330 g/mol. The summed E-state index contributed by atoms with van der Waals surface area (Å²) in [5, 5.41) is 0. The van der Waals surface area contributed by atoms with Crippen LogP contribution in [-0.2, 0) is 32.4 Å². The molecule has 0 heterocycles. The van der Waals surface area contributed by atoms with Crippen molar-refractivity contribution in [1.82, 2.24) is 0 Å². The van der Waals surface area contributed by atoms with Crippen molar-refractivity contribution in [2.24, 2.45) is 0 Å². The van der Waals surface area contributed by atoms with Gasteiger partial charge >= 0.3 is 496 Å². The van der Waals surface area contributed by atoms with Gasteiger partial charge in [-0.25, -0.2) is 0 Å². The summed E-state index contributed by atoms with van der Waals surface area (Å²) < 4.78 is 17.6. The van der Waals surface area contributed by atoms with Crippen LogP contribution in [0.25, 0.3) is 24.3 Å². The summed E-state index contributed by atoms with van der Waals surface area (Å²) in [6.45, 7) is 54.1. The summed E-state index contributed by atoms with van der Waals surface area (Å²) >= 11 is -9.66. The van der Waals surface area contributed by atoms with Gasteiger partial charge in [0, 0.05) is 0 Å². The fraction of sp³-hybridized carbons (Fsp3) is 0.579. The first-order chi connectivity index (χ1) is 37.0. The summed E-state index contributed by atoms with van der Waals surface area (Å²) in [4.78, 5) is 0. The van der Waals surface area contributed by atoms with E-state index in [0.717, 1.165) is 0 Å². The maximum atomic E-state index is 3.13. The fourth-order valence-electron chi connectivity index (χ4n) is 20.2. The van der Waals surface area contributed by atoms with Gasteiger partial charge in [0.2, 0.25) is 0 Å². The Kier molecular flexibility index (Phi) is 17.2. The van der Waals surface area contributed by atoms with E-state index in [-0.39, 0.29) is 0 Å². The first-order valence-corrected chi connectivity index (χ1v) is 80.5. The monoisotopic (exact) mass is 1450 g/mol. The van der Waals surface area contributed by atoms with Gasteiger partial charge in [-0.3, -0.25) is 0 Å². The van der Waals surface area contributed by atoms with E-state index in [4.69, 9.17) is 0 Å². The molecule has 4 aliphatic carbocycles. The zero-order chi connectivity index (χ0) is 59.4. The van der Waals surface area contributed by atoms with Crippen LogP contribution >= 0.6 is 0 Å². The molecule has 0 bridgehead atoms. The summed E-state index contributed by atoms with van der Waals surface area (Å²) in [6.07, 6.45) is 16.4. The van der Waals surface area contributed by atoms with Crippen molar-refractivity contribution >= 4 is 37.7 Å². The molecule has 0 saturated heterocycles. The molecule has 0 saturated carbocycles. The van der Waals surface area contributed by atoms with E-state index in [9.17, 15) is 0 Å². The molecule has 0 fully saturated rings. The van der Waals surface area contributed by atoms with Gasteiger partial charge in [-0.15, -0.1) is 0 Å². The molecule has 438 valence electrons. The van der Waals surface area contributed by atoms with Crippen molar-refractivity contribution < 1.29 is 32.4 Å². The van der Waals surface area contributed by atoms with Gasteiger partial charge in [0.1, 0.15) is 0 Å². The minimum atomic E-state index is -4.83. The van der Waals surface area contributed by atoms with E-state index in [1.54, 1.807) is 111 Å². The molecule has 4 aromatic carbocycles. The Labute approximate surface area is 491 Å². The molecule has 4 aromatic rings. The predicted octanol–water partition coefficient (Wildman–Crippen LogP) is 23.9. The second-order valence-corrected chi connectivity index (χ2v) is 169. The van der Waals surface area contributed by atoms with Crippen LogP contribution in [0.4, 0.5) is 0 Å². The molecule has 4 atom stereocenters. The summed E-state index contributed by atoms with van der Waals surface area (Å²) in [7, 11) is 0. The van der Waals surface area contributed by atoms with Crippen molar-refractivity contribution in [2.75, 3.05) is 0 Å². The van der Waals surface area contributed by atoms with Crippen molar-refractivity contribution in [3.05, 3.63) is 160 Å². The normalized spacial score (nSPS) is 21.2. The molecule has 80 heavy (non-hydrogen) atoms. The summed E-state index contributed by atoms with van der Waals surface area (Å²) in [5.74, 6) is 4.00. The average molecular weight is 1440 g/mol. The maximum absolute atomic E-state index is 4.83. The number of hydrogen-bond donors (Lipinski definition) is 0. The molecule has 4 heteroatoms. The van der Waals surface area contributed by atoms with Crippen molar-refractivity contribution in [2.45, 2.75) is 266 Å². The molecule has 0 aliphatic heterocycles. The van der Waals surface area contributed by atoms with E-state index in [1.807, 2.05) is 0 Å². The van der Waals surface area contributed by atoms with E-state index >= 15 is 0 Å². The molecule has 0 amide bonds. The standard InChI is InChI=1S/4C16H21.C6H12.2CH5Si.4CH3.2Hf/c4*1-10(2)13-8-14-6-12(5)7-16(14)15(9-13)11(3)4;1-3-5-6-4-2;2*1-2;;;;;;/h4*6-11H,1-5H3;1-6H2;2*2H2,1H3;4*1H3;;. The van der Waals surface area contributed by atoms with Crippen molar-refractivity contribution in [3.63, 3.8) is 0 Å². The van der Waals surface area contributed by atoms with Crippen LogP contribution in [0.15, 0.2) is 70.8 Å². The van der Waals surface area contributed by atoms with Crippen LogP contribution in [-0.4, -0.2) is 13.4 Å². The summed E-state index contributed by atoms with van der Waals surface area (Å²) in [5.41, 5.74) is 32.7. The number of fused-ring (bicyclic) bond motifs is 4. The van der Waals surface area contributed by atoms with Crippen molar-refractivity contribution in [3.8, 4) is 0 Å². The Balaban J connectivity index is 1.28. The Morgan fingerprint density at radius 3 is 0.675 bits per heavy atom. The number of rotatable bonds is 21. The number of unbranched alkanes of at least 4 members (excludes halogenated alkanes) is 3. The van der Waals surface area contributed by atoms with E-state index in [1.165, 1.54) is 34.0 Å². The van der Waals surface area contributed by atoms with Crippen LogP contribution < -0.4 is 0 Å². The molecule has 0 nitrogen and oxygen atoms in total. The second kappa shape index (κ2) is 21.5. The SMILES string of the molecule is C[SiH2][Hf]([CH3])([CH3])([CH2]CCCC[CH2][Hf]([CH3])([CH3])([SiH2]C)([CH]1C(C)=Cc2c(C(C)C)cc(C(C)C)cc21)[CH]1C(C)=Cc2c(C(C)C)cc(C(C)C)cc21)([CH]1C(C)=Cc2c(C(C)C)cc(C(C)C)cc21)[CH]1C(C)=Cc2c(C(C)C)cc(C(C)C)cc21. The fourth-order valence-corrected chi connectivity index (χ4v) is 136. The average Bonchev–Trinajstić information content (AvgIpc) is 4.29. The van der Waals surface area contributed by atoms with E-state index in [0.29, 0.717) is 62.0 Å². The molecule has 0 N–H and O–H groups in total. The quantitative estimate of drug-likeness (QED) is 0.0576. The Bertz CT molecular complexity index is 2850.